The lowest BCUT2D eigenvalue weighted by molar-refractivity contribution is -0.0247. The quantitative estimate of drug-likeness (QED) is 0.831. The van der Waals surface area contributed by atoms with Crippen LogP contribution in [0.5, 0.6) is 0 Å². The van der Waals surface area contributed by atoms with Crippen LogP contribution in [0.25, 0.3) is 0 Å². The van der Waals surface area contributed by atoms with Gasteiger partial charge in [0.15, 0.2) is 0 Å². The maximum absolute atomic E-state index is 12.9. The average Bonchev–Trinajstić information content (AvgIpc) is 2.66. The number of ether oxygens (including phenoxy) is 1. The van der Waals surface area contributed by atoms with Gasteiger partial charge in [-0.1, -0.05) is 6.07 Å². The number of aromatic nitrogens is 2. The van der Waals surface area contributed by atoms with Gasteiger partial charge in [0.25, 0.3) is 11.5 Å². The summed E-state index contributed by atoms with van der Waals surface area (Å²) in [6.45, 7) is 3.08. The number of morpholine rings is 1. The van der Waals surface area contributed by atoms with Crippen molar-refractivity contribution in [2.45, 2.75) is 13.0 Å². The van der Waals surface area contributed by atoms with Gasteiger partial charge in [0, 0.05) is 33.4 Å². The third-order valence-electron chi connectivity index (χ3n) is 4.68. The standard InChI is InChI=1S/C19H24N4O3/c1-13-8-9-14(18(24)22(13)4)19(25)23-10-11-26-16(12-23)15-6-5-7-17(20-15)21(2)3/h5-9,16H,10-12H2,1-4H3/t16-/m0/s1. The molecule has 7 nitrogen and oxygen atoms in total. The van der Waals surface area contributed by atoms with E-state index in [1.54, 1.807) is 24.1 Å². The van der Waals surface area contributed by atoms with Gasteiger partial charge in [-0.2, -0.15) is 0 Å². The first-order valence-electron chi connectivity index (χ1n) is 8.60. The number of aryl methyl sites for hydroxylation is 1. The first-order valence-corrected chi connectivity index (χ1v) is 8.60. The zero-order valence-electron chi connectivity index (χ0n) is 15.6. The third-order valence-corrected chi connectivity index (χ3v) is 4.68. The molecule has 0 spiro atoms. The van der Waals surface area contributed by atoms with E-state index < -0.39 is 0 Å². The van der Waals surface area contributed by atoms with E-state index in [-0.39, 0.29) is 23.1 Å². The number of amides is 1. The van der Waals surface area contributed by atoms with Gasteiger partial charge in [0.05, 0.1) is 18.8 Å². The van der Waals surface area contributed by atoms with Gasteiger partial charge in [0.2, 0.25) is 0 Å². The summed E-state index contributed by atoms with van der Waals surface area (Å²) in [5.41, 5.74) is 1.51. The molecule has 1 atom stereocenters. The lowest BCUT2D eigenvalue weighted by Crippen LogP contribution is -2.44. The van der Waals surface area contributed by atoms with Crippen LogP contribution in [0, 0.1) is 6.92 Å². The Kier molecular flexibility index (Phi) is 5.08. The highest BCUT2D eigenvalue weighted by molar-refractivity contribution is 5.94. The van der Waals surface area contributed by atoms with Gasteiger partial charge < -0.3 is 19.1 Å². The summed E-state index contributed by atoms with van der Waals surface area (Å²) in [7, 11) is 5.53. The molecule has 26 heavy (non-hydrogen) atoms. The average molecular weight is 356 g/mol. The van der Waals surface area contributed by atoms with E-state index >= 15 is 0 Å². The van der Waals surface area contributed by atoms with Crippen molar-refractivity contribution in [1.29, 1.82) is 0 Å². The van der Waals surface area contributed by atoms with Crippen LogP contribution in [0.4, 0.5) is 5.82 Å². The van der Waals surface area contributed by atoms with Crippen LogP contribution in [-0.4, -0.2) is 54.1 Å². The maximum atomic E-state index is 12.9. The van der Waals surface area contributed by atoms with Crippen LogP contribution in [0.3, 0.4) is 0 Å². The molecule has 1 amide bonds. The summed E-state index contributed by atoms with van der Waals surface area (Å²) in [6, 6.07) is 9.14. The van der Waals surface area contributed by atoms with Crippen molar-refractivity contribution in [2.24, 2.45) is 7.05 Å². The molecule has 7 heteroatoms. The fraction of sp³-hybridized carbons (Fsp3) is 0.421. The van der Waals surface area contributed by atoms with Crippen molar-refractivity contribution in [3.8, 4) is 0 Å². The summed E-state index contributed by atoms with van der Waals surface area (Å²) < 4.78 is 7.32. The monoisotopic (exact) mass is 356 g/mol. The molecule has 0 radical (unpaired) electrons. The summed E-state index contributed by atoms with van der Waals surface area (Å²) in [6.07, 6.45) is -0.304. The molecule has 2 aromatic heterocycles. The Hall–Kier alpha value is -2.67. The highest BCUT2D eigenvalue weighted by Crippen LogP contribution is 2.23. The molecule has 0 aliphatic carbocycles. The molecule has 1 aliphatic heterocycles. The molecule has 1 fully saturated rings. The van der Waals surface area contributed by atoms with Gasteiger partial charge in [-0.05, 0) is 31.2 Å². The van der Waals surface area contributed by atoms with E-state index in [1.165, 1.54) is 4.57 Å². The van der Waals surface area contributed by atoms with Gasteiger partial charge in [-0.25, -0.2) is 4.98 Å². The van der Waals surface area contributed by atoms with Crippen molar-refractivity contribution >= 4 is 11.7 Å². The van der Waals surface area contributed by atoms with Crippen molar-refractivity contribution in [1.82, 2.24) is 14.5 Å². The van der Waals surface area contributed by atoms with Crippen LogP contribution >= 0.6 is 0 Å². The van der Waals surface area contributed by atoms with E-state index in [0.29, 0.717) is 19.7 Å². The number of anilines is 1. The molecule has 1 aliphatic rings. The zero-order chi connectivity index (χ0) is 18.8. The first kappa shape index (κ1) is 18.1. The van der Waals surface area contributed by atoms with Crippen molar-refractivity contribution in [3.05, 3.63) is 57.6 Å². The number of rotatable bonds is 3. The number of hydrogen-bond donors (Lipinski definition) is 0. The topological polar surface area (TPSA) is 67.7 Å². The molecule has 0 N–H and O–H groups in total. The molecular formula is C19H24N4O3. The fourth-order valence-electron chi connectivity index (χ4n) is 2.94. The van der Waals surface area contributed by atoms with Gasteiger partial charge >= 0.3 is 0 Å². The molecular weight excluding hydrogens is 332 g/mol. The largest absolute Gasteiger partial charge is 0.368 e. The summed E-state index contributed by atoms with van der Waals surface area (Å²) in [4.78, 5) is 33.5. The summed E-state index contributed by atoms with van der Waals surface area (Å²) in [5, 5.41) is 0. The Morgan fingerprint density at radius 1 is 1.27 bits per heavy atom. The fourth-order valence-corrected chi connectivity index (χ4v) is 2.94. The summed E-state index contributed by atoms with van der Waals surface area (Å²) >= 11 is 0. The molecule has 0 bridgehead atoms. The number of carbonyl (C=O) groups is 1. The Morgan fingerprint density at radius 2 is 2.04 bits per heavy atom. The van der Waals surface area contributed by atoms with Crippen LogP contribution in [-0.2, 0) is 11.8 Å². The van der Waals surface area contributed by atoms with Crippen molar-refractivity contribution in [3.63, 3.8) is 0 Å². The molecule has 1 saturated heterocycles. The number of carbonyl (C=O) groups excluding carboxylic acids is 1. The predicted octanol–water partition coefficient (Wildman–Crippen LogP) is 1.37. The van der Waals surface area contributed by atoms with Crippen LogP contribution < -0.4 is 10.5 Å². The zero-order valence-corrected chi connectivity index (χ0v) is 15.6. The molecule has 2 aromatic rings. The Bertz CT molecular complexity index is 875. The number of pyridine rings is 2. The molecule has 3 heterocycles. The van der Waals surface area contributed by atoms with Crippen LogP contribution in [0.2, 0.25) is 0 Å². The smallest absolute Gasteiger partial charge is 0.263 e. The minimum absolute atomic E-state index is 0.189. The lowest BCUT2D eigenvalue weighted by atomic mass is 10.1. The van der Waals surface area contributed by atoms with Gasteiger partial charge in [-0.3, -0.25) is 9.59 Å². The molecule has 0 aromatic carbocycles. The second kappa shape index (κ2) is 7.29. The minimum atomic E-state index is -0.304. The van der Waals surface area contributed by atoms with E-state index in [2.05, 4.69) is 4.98 Å². The summed E-state index contributed by atoms with van der Waals surface area (Å²) in [5.74, 6) is 0.574. The predicted molar refractivity (Wildman–Crippen MR) is 99.6 cm³/mol. The third kappa shape index (κ3) is 3.48. The van der Waals surface area contributed by atoms with E-state index in [1.807, 2.05) is 44.1 Å². The highest BCUT2D eigenvalue weighted by Gasteiger charge is 2.28. The molecule has 0 saturated carbocycles. The number of hydrogen-bond acceptors (Lipinski definition) is 5. The van der Waals surface area contributed by atoms with Gasteiger partial charge in [-0.15, -0.1) is 0 Å². The Balaban J connectivity index is 1.83. The van der Waals surface area contributed by atoms with E-state index in [0.717, 1.165) is 17.2 Å². The first-order chi connectivity index (χ1) is 12.4. The molecule has 3 rings (SSSR count). The van der Waals surface area contributed by atoms with E-state index in [4.69, 9.17) is 4.74 Å². The number of nitrogens with zero attached hydrogens (tertiary/aromatic N) is 4. The molecule has 138 valence electrons. The van der Waals surface area contributed by atoms with Gasteiger partial charge in [0.1, 0.15) is 17.5 Å². The van der Waals surface area contributed by atoms with Crippen LogP contribution in [0.1, 0.15) is 27.8 Å². The van der Waals surface area contributed by atoms with Crippen molar-refractivity contribution < 1.29 is 9.53 Å². The second-order valence-corrected chi connectivity index (χ2v) is 6.68. The van der Waals surface area contributed by atoms with Crippen LogP contribution in [0.15, 0.2) is 35.1 Å². The highest BCUT2D eigenvalue weighted by atomic mass is 16.5. The minimum Gasteiger partial charge on any atom is -0.368 e. The maximum Gasteiger partial charge on any atom is 0.263 e. The second-order valence-electron chi connectivity index (χ2n) is 6.68. The Labute approximate surface area is 152 Å². The normalized spacial score (nSPS) is 17.2. The lowest BCUT2D eigenvalue weighted by Gasteiger charge is -2.33. The SMILES string of the molecule is Cc1ccc(C(=O)N2CCO[C@H](c3cccc(N(C)C)n3)C2)c(=O)n1C. The van der Waals surface area contributed by atoms with Crippen molar-refractivity contribution in [2.75, 3.05) is 38.7 Å². The Morgan fingerprint density at radius 3 is 2.77 bits per heavy atom. The molecule has 0 unspecified atom stereocenters. The van der Waals surface area contributed by atoms with E-state index in [9.17, 15) is 9.59 Å².